The Morgan fingerprint density at radius 2 is 1.38 bits per heavy atom. The lowest BCUT2D eigenvalue weighted by molar-refractivity contribution is 0.0686. The molecule has 0 unspecified atom stereocenters. The Morgan fingerprint density at radius 1 is 0.812 bits per heavy atom. The van der Waals surface area contributed by atoms with E-state index >= 15 is 0 Å². The van der Waals surface area contributed by atoms with Crippen LogP contribution in [0.4, 0.5) is 0 Å². The zero-order valence-corrected chi connectivity index (χ0v) is 20.4. The van der Waals surface area contributed by atoms with Crippen LogP contribution in [0.15, 0.2) is 35.3 Å². The van der Waals surface area contributed by atoms with E-state index in [-0.39, 0.29) is 18.3 Å². The minimum absolute atomic E-state index is 0.000192. The molecule has 1 N–H and O–H groups in total. The first-order valence-electron chi connectivity index (χ1n) is 11.2. The third-order valence-corrected chi connectivity index (χ3v) is 4.78. The van der Waals surface area contributed by atoms with Gasteiger partial charge in [0.1, 0.15) is 11.5 Å². The molecule has 3 rings (SSSR count). The van der Waals surface area contributed by atoms with Crippen LogP contribution in [-0.2, 0) is 6.42 Å². The van der Waals surface area contributed by atoms with E-state index in [2.05, 4.69) is 0 Å². The van der Waals surface area contributed by atoms with Gasteiger partial charge in [-0.15, -0.1) is 0 Å². The van der Waals surface area contributed by atoms with Crippen molar-refractivity contribution in [3.05, 3.63) is 47.0 Å². The number of benzene rings is 2. The van der Waals surface area contributed by atoms with Gasteiger partial charge in [-0.05, 0) is 78.3 Å². The predicted molar refractivity (Wildman–Crippen MR) is 127 cm³/mol. The van der Waals surface area contributed by atoms with Gasteiger partial charge >= 0.3 is 0 Å². The van der Waals surface area contributed by atoms with Crippen molar-refractivity contribution in [3.63, 3.8) is 0 Å². The molecule has 0 aliphatic carbocycles. The third kappa shape index (κ3) is 5.74. The van der Waals surface area contributed by atoms with Crippen LogP contribution in [0.5, 0.6) is 23.0 Å². The van der Waals surface area contributed by atoms with Gasteiger partial charge < -0.3 is 24.1 Å². The highest BCUT2D eigenvalue weighted by Crippen LogP contribution is 2.38. The van der Waals surface area contributed by atoms with E-state index in [1.807, 2.05) is 71.9 Å². The van der Waals surface area contributed by atoms with Gasteiger partial charge in [-0.25, -0.2) is 0 Å². The fourth-order valence-corrected chi connectivity index (χ4v) is 3.78. The van der Waals surface area contributed by atoms with E-state index < -0.39 is 5.72 Å². The molecule has 32 heavy (non-hydrogen) atoms. The molecule has 0 aromatic heterocycles. The van der Waals surface area contributed by atoms with Gasteiger partial charge in [-0.2, -0.15) is 0 Å². The summed E-state index contributed by atoms with van der Waals surface area (Å²) in [5.41, 5.74) is 2.05. The molecular formula is C26H35NO5. The quantitative estimate of drug-likeness (QED) is 0.613. The Balaban J connectivity index is 2.18. The minimum atomic E-state index is -1.25. The first-order valence-corrected chi connectivity index (χ1v) is 11.2. The van der Waals surface area contributed by atoms with Gasteiger partial charge in [-0.1, -0.05) is 0 Å². The number of ether oxygens (including phenoxy) is 4. The lowest BCUT2D eigenvalue weighted by Gasteiger charge is -2.29. The van der Waals surface area contributed by atoms with Gasteiger partial charge in [0.05, 0.1) is 31.1 Å². The second-order valence-corrected chi connectivity index (χ2v) is 9.21. The summed E-state index contributed by atoms with van der Waals surface area (Å²) in [5.74, 6) is 2.66. The minimum Gasteiger partial charge on any atom is -0.493 e. The zero-order chi connectivity index (χ0) is 23.6. The molecule has 1 atom stereocenters. The number of fused-ring (bicyclic) bond motifs is 1. The first-order chi connectivity index (χ1) is 15.0. The monoisotopic (exact) mass is 441 g/mol. The standard InChI is InChI=1S/C26H35NO5/c1-15(2)30-20-9-18(10-21(12-20)31-16(3)4)25-22-13-23(29-8)24(32-17(5)6)11-19(22)14-26(7,28)27-25/h9-13,15-17,28H,14H2,1-8H3/t26-/m0/s1. The van der Waals surface area contributed by atoms with Crippen molar-refractivity contribution < 1.29 is 24.1 Å². The maximum atomic E-state index is 11.0. The first kappa shape index (κ1) is 23.9. The molecule has 0 saturated carbocycles. The summed E-state index contributed by atoms with van der Waals surface area (Å²) < 4.78 is 23.5. The summed E-state index contributed by atoms with van der Waals surface area (Å²) >= 11 is 0. The van der Waals surface area contributed by atoms with Crippen LogP contribution in [0.2, 0.25) is 0 Å². The molecule has 0 saturated heterocycles. The fraction of sp³-hybridized carbons (Fsp3) is 0.500. The van der Waals surface area contributed by atoms with Gasteiger partial charge in [0.15, 0.2) is 17.2 Å². The van der Waals surface area contributed by atoms with Crippen LogP contribution in [0.25, 0.3) is 0 Å². The van der Waals surface area contributed by atoms with Crippen LogP contribution in [-0.4, -0.2) is 42.0 Å². The Labute approximate surface area is 191 Å². The summed E-state index contributed by atoms with van der Waals surface area (Å²) in [5, 5.41) is 11.0. The number of nitrogens with zero attached hydrogens (tertiary/aromatic N) is 1. The molecule has 1 aliphatic rings. The van der Waals surface area contributed by atoms with E-state index in [0.717, 1.165) is 16.7 Å². The molecule has 0 fully saturated rings. The van der Waals surface area contributed by atoms with Crippen molar-refractivity contribution in [3.8, 4) is 23.0 Å². The molecule has 1 heterocycles. The normalized spacial score (nSPS) is 17.9. The van der Waals surface area contributed by atoms with Gasteiger partial charge in [0.25, 0.3) is 0 Å². The van der Waals surface area contributed by atoms with Crippen LogP contribution in [0.3, 0.4) is 0 Å². The Bertz CT molecular complexity index is 964. The maximum Gasteiger partial charge on any atom is 0.161 e. The van der Waals surface area contributed by atoms with Crippen molar-refractivity contribution in [1.29, 1.82) is 0 Å². The molecule has 1 aliphatic heterocycles. The highest BCUT2D eigenvalue weighted by Gasteiger charge is 2.31. The molecule has 0 bridgehead atoms. The molecule has 2 aromatic carbocycles. The highest BCUT2D eigenvalue weighted by atomic mass is 16.5. The number of rotatable bonds is 8. The smallest absolute Gasteiger partial charge is 0.161 e. The second-order valence-electron chi connectivity index (χ2n) is 9.21. The van der Waals surface area contributed by atoms with Gasteiger partial charge in [0.2, 0.25) is 0 Å². The third-order valence-electron chi connectivity index (χ3n) is 4.78. The zero-order valence-electron chi connectivity index (χ0n) is 20.4. The van der Waals surface area contributed by atoms with Gasteiger partial charge in [-0.3, -0.25) is 4.99 Å². The highest BCUT2D eigenvalue weighted by molar-refractivity contribution is 6.15. The Kier molecular flexibility index (Phi) is 7.03. The van der Waals surface area contributed by atoms with Crippen LogP contribution >= 0.6 is 0 Å². The fourth-order valence-electron chi connectivity index (χ4n) is 3.78. The number of hydrogen-bond acceptors (Lipinski definition) is 6. The number of methoxy groups -OCH3 is 1. The lowest BCUT2D eigenvalue weighted by atomic mass is 9.88. The largest absolute Gasteiger partial charge is 0.493 e. The number of aliphatic imine (C=N–C) groups is 1. The Morgan fingerprint density at radius 3 is 1.88 bits per heavy atom. The topological polar surface area (TPSA) is 69.5 Å². The maximum absolute atomic E-state index is 11.0. The van der Waals surface area contributed by atoms with Gasteiger partial charge in [0, 0.05) is 23.6 Å². The average molecular weight is 442 g/mol. The van der Waals surface area contributed by atoms with E-state index in [4.69, 9.17) is 23.9 Å². The van der Waals surface area contributed by atoms with E-state index in [0.29, 0.717) is 35.1 Å². The lowest BCUT2D eigenvalue weighted by Crippen LogP contribution is -2.32. The van der Waals surface area contributed by atoms with Crippen LogP contribution in [0, 0.1) is 0 Å². The summed E-state index contributed by atoms with van der Waals surface area (Å²) in [6.45, 7) is 13.6. The van der Waals surface area contributed by atoms with Crippen LogP contribution < -0.4 is 18.9 Å². The molecule has 0 amide bonds. The molecule has 6 heteroatoms. The van der Waals surface area contributed by atoms with Crippen molar-refractivity contribution in [2.24, 2.45) is 4.99 Å². The second kappa shape index (κ2) is 9.41. The van der Waals surface area contributed by atoms with E-state index in [1.165, 1.54) is 0 Å². The molecule has 0 radical (unpaired) electrons. The summed E-state index contributed by atoms with van der Waals surface area (Å²) in [6, 6.07) is 9.62. The molecular weight excluding hydrogens is 406 g/mol. The number of aliphatic hydroxyl groups is 1. The Hall–Kier alpha value is -2.73. The van der Waals surface area contributed by atoms with Crippen molar-refractivity contribution >= 4 is 5.71 Å². The molecule has 6 nitrogen and oxygen atoms in total. The van der Waals surface area contributed by atoms with Crippen molar-refractivity contribution in [1.82, 2.24) is 0 Å². The molecule has 2 aromatic rings. The van der Waals surface area contributed by atoms with Crippen LogP contribution in [0.1, 0.15) is 65.2 Å². The molecule has 174 valence electrons. The number of hydrogen-bond donors (Lipinski definition) is 1. The molecule has 0 spiro atoms. The predicted octanol–water partition coefficient (Wildman–Crippen LogP) is 5.16. The van der Waals surface area contributed by atoms with Crippen molar-refractivity contribution in [2.75, 3.05) is 7.11 Å². The van der Waals surface area contributed by atoms with E-state index in [1.54, 1.807) is 14.0 Å². The van der Waals surface area contributed by atoms with Crippen molar-refractivity contribution in [2.45, 2.75) is 78.9 Å². The summed E-state index contributed by atoms with van der Waals surface area (Å²) in [4.78, 5) is 4.70. The average Bonchev–Trinajstić information content (AvgIpc) is 2.64. The SMILES string of the molecule is COc1cc2c(cc1OC(C)C)C[C@](C)(O)N=C2c1cc(OC(C)C)cc(OC(C)C)c1. The summed E-state index contributed by atoms with van der Waals surface area (Å²) in [7, 11) is 1.62. The summed E-state index contributed by atoms with van der Waals surface area (Å²) in [6.07, 6.45) is 0.398. The van der Waals surface area contributed by atoms with E-state index in [9.17, 15) is 5.11 Å².